The molecule has 6 heteroatoms. The summed E-state index contributed by atoms with van der Waals surface area (Å²) >= 11 is 7.32. The van der Waals surface area contributed by atoms with Crippen LogP contribution in [0.4, 0.5) is 0 Å². The maximum atomic E-state index is 12.1. The van der Waals surface area contributed by atoms with Gasteiger partial charge in [0.25, 0.3) is 0 Å². The number of nitrogens with zero attached hydrogens (tertiary/aromatic N) is 2. The fourth-order valence-electron chi connectivity index (χ4n) is 3.31. The Morgan fingerprint density at radius 3 is 2.41 bits per heavy atom. The Balaban J connectivity index is 1.67. The van der Waals surface area contributed by atoms with E-state index in [1.807, 2.05) is 24.3 Å². The second-order valence-corrected chi connectivity index (χ2v) is 8.42. The second kappa shape index (κ2) is 9.33. The molecule has 0 spiro atoms. The molecule has 3 aromatic rings. The molecule has 150 valence electrons. The van der Waals surface area contributed by atoms with Crippen LogP contribution >= 0.6 is 23.4 Å². The van der Waals surface area contributed by atoms with Crippen molar-refractivity contribution in [3.63, 3.8) is 0 Å². The van der Waals surface area contributed by atoms with Crippen molar-refractivity contribution in [2.45, 2.75) is 32.6 Å². The third kappa shape index (κ3) is 5.11. The first-order valence-electron chi connectivity index (χ1n) is 9.32. The number of thioether (sulfide) groups is 1. The Kier molecular flexibility index (Phi) is 6.83. The van der Waals surface area contributed by atoms with Crippen molar-refractivity contribution in [2.75, 3.05) is 5.75 Å². The van der Waals surface area contributed by atoms with E-state index >= 15 is 0 Å². The zero-order valence-corrected chi connectivity index (χ0v) is 18.6. The van der Waals surface area contributed by atoms with Crippen LogP contribution in [0.15, 0.2) is 58.5 Å². The highest BCUT2D eigenvalue weighted by molar-refractivity contribution is 8.00. The van der Waals surface area contributed by atoms with Crippen molar-refractivity contribution in [3.8, 4) is 5.69 Å². The number of hydrazone groups is 1. The van der Waals surface area contributed by atoms with Gasteiger partial charge in [0.1, 0.15) is 0 Å². The molecular weight excluding hydrogens is 402 g/mol. The summed E-state index contributed by atoms with van der Waals surface area (Å²) in [5, 5.41) is 4.83. The highest BCUT2D eigenvalue weighted by Crippen LogP contribution is 2.25. The van der Waals surface area contributed by atoms with E-state index in [0.717, 1.165) is 21.8 Å². The number of nitrogens with one attached hydrogen (secondary N) is 1. The third-order valence-electron chi connectivity index (χ3n) is 4.71. The van der Waals surface area contributed by atoms with Crippen LogP contribution in [-0.2, 0) is 4.79 Å². The van der Waals surface area contributed by atoms with Crippen LogP contribution < -0.4 is 5.43 Å². The van der Waals surface area contributed by atoms with Gasteiger partial charge in [-0.25, -0.2) is 5.43 Å². The standard InChI is InChI=1S/C23H24ClN3OS/c1-15-6-5-7-16(2)23(15)27-17(3)12-19(18(27)4)13-25-26-22(28)14-29-21-10-8-20(24)9-11-21/h5-13H,14H2,1-4H3,(H,26,28)/b25-13-. The minimum Gasteiger partial charge on any atom is -0.317 e. The van der Waals surface area contributed by atoms with Crippen LogP contribution in [0.2, 0.25) is 5.02 Å². The molecule has 1 N–H and O–H groups in total. The molecule has 1 heterocycles. The third-order valence-corrected chi connectivity index (χ3v) is 5.97. The summed E-state index contributed by atoms with van der Waals surface area (Å²) in [4.78, 5) is 13.1. The zero-order valence-electron chi connectivity index (χ0n) is 17.0. The maximum absolute atomic E-state index is 12.1. The lowest BCUT2D eigenvalue weighted by atomic mass is 10.1. The molecule has 2 aromatic carbocycles. The molecule has 0 aliphatic carbocycles. The van der Waals surface area contributed by atoms with Crippen molar-refractivity contribution in [1.82, 2.24) is 9.99 Å². The SMILES string of the molecule is Cc1cccc(C)c1-n1c(C)cc(/C=N\NC(=O)CSc2ccc(Cl)cc2)c1C. The lowest BCUT2D eigenvalue weighted by Crippen LogP contribution is -2.19. The largest absolute Gasteiger partial charge is 0.317 e. The fraction of sp³-hybridized carbons (Fsp3) is 0.217. The summed E-state index contributed by atoms with van der Waals surface area (Å²) < 4.78 is 2.24. The van der Waals surface area contributed by atoms with Gasteiger partial charge in [-0.05, 0) is 69.2 Å². The predicted octanol–water partition coefficient (Wildman–Crippen LogP) is 5.61. The van der Waals surface area contributed by atoms with Gasteiger partial charge >= 0.3 is 0 Å². The lowest BCUT2D eigenvalue weighted by molar-refractivity contribution is -0.118. The Morgan fingerprint density at radius 1 is 1.10 bits per heavy atom. The molecule has 29 heavy (non-hydrogen) atoms. The highest BCUT2D eigenvalue weighted by atomic mass is 35.5. The number of hydrogen-bond acceptors (Lipinski definition) is 3. The van der Waals surface area contributed by atoms with Gasteiger partial charge in [-0.3, -0.25) is 4.79 Å². The first-order valence-corrected chi connectivity index (χ1v) is 10.7. The van der Waals surface area contributed by atoms with Crippen molar-refractivity contribution < 1.29 is 4.79 Å². The minimum absolute atomic E-state index is 0.148. The first kappa shape index (κ1) is 21.2. The molecule has 0 fully saturated rings. The van der Waals surface area contributed by atoms with Crippen molar-refractivity contribution in [2.24, 2.45) is 5.10 Å². The Bertz CT molecular complexity index is 1030. The van der Waals surface area contributed by atoms with Gasteiger partial charge in [0.05, 0.1) is 17.7 Å². The first-order chi connectivity index (χ1) is 13.9. The van der Waals surface area contributed by atoms with Crippen LogP contribution in [0.5, 0.6) is 0 Å². The molecule has 0 bridgehead atoms. The number of aryl methyl sites for hydroxylation is 3. The van der Waals surface area contributed by atoms with Gasteiger partial charge in [0.2, 0.25) is 5.91 Å². The van der Waals surface area contributed by atoms with Crippen LogP contribution in [0.1, 0.15) is 28.1 Å². The van der Waals surface area contributed by atoms with Crippen LogP contribution in [0, 0.1) is 27.7 Å². The number of halogens is 1. The van der Waals surface area contributed by atoms with E-state index in [1.54, 1.807) is 6.21 Å². The quantitative estimate of drug-likeness (QED) is 0.317. The van der Waals surface area contributed by atoms with Crippen molar-refractivity contribution >= 4 is 35.5 Å². The molecule has 0 aliphatic rings. The van der Waals surface area contributed by atoms with Crippen molar-refractivity contribution in [1.29, 1.82) is 0 Å². The topological polar surface area (TPSA) is 46.4 Å². The number of benzene rings is 2. The van der Waals surface area contributed by atoms with Crippen LogP contribution in [-0.4, -0.2) is 22.4 Å². The molecule has 4 nitrogen and oxygen atoms in total. The number of hydrogen-bond donors (Lipinski definition) is 1. The van der Waals surface area contributed by atoms with Crippen LogP contribution in [0.3, 0.4) is 0 Å². The highest BCUT2D eigenvalue weighted by Gasteiger charge is 2.13. The summed E-state index contributed by atoms with van der Waals surface area (Å²) in [6.45, 7) is 8.39. The molecular formula is C23H24ClN3OS. The predicted molar refractivity (Wildman–Crippen MR) is 123 cm³/mol. The minimum atomic E-state index is -0.148. The number of rotatable bonds is 6. The molecule has 0 saturated carbocycles. The average Bonchev–Trinajstić information content (AvgIpc) is 2.95. The monoisotopic (exact) mass is 425 g/mol. The molecule has 0 aliphatic heterocycles. The molecule has 0 radical (unpaired) electrons. The van der Waals surface area contributed by atoms with Gasteiger partial charge in [-0.1, -0.05) is 29.8 Å². The van der Waals surface area contributed by atoms with E-state index in [9.17, 15) is 4.79 Å². The van der Waals surface area contributed by atoms with Gasteiger partial charge in [0, 0.05) is 26.9 Å². The van der Waals surface area contributed by atoms with Crippen LogP contribution in [0.25, 0.3) is 5.69 Å². The van der Waals surface area contributed by atoms with E-state index in [1.165, 1.54) is 28.6 Å². The molecule has 0 atom stereocenters. The number of aromatic nitrogens is 1. The van der Waals surface area contributed by atoms with E-state index in [0.29, 0.717) is 10.8 Å². The molecule has 1 aromatic heterocycles. The van der Waals surface area contributed by atoms with E-state index in [2.05, 4.69) is 67.1 Å². The summed E-state index contributed by atoms with van der Waals surface area (Å²) in [6, 6.07) is 15.8. The summed E-state index contributed by atoms with van der Waals surface area (Å²) in [5.41, 5.74) is 9.46. The molecule has 0 saturated heterocycles. The van der Waals surface area contributed by atoms with Gasteiger partial charge in [-0.15, -0.1) is 11.8 Å². The van der Waals surface area contributed by atoms with Gasteiger partial charge in [-0.2, -0.15) is 5.10 Å². The number of carbonyl (C=O) groups excluding carboxylic acids is 1. The molecule has 1 amide bonds. The summed E-state index contributed by atoms with van der Waals surface area (Å²) in [5.74, 6) is 0.144. The number of amides is 1. The van der Waals surface area contributed by atoms with Gasteiger partial charge in [0.15, 0.2) is 0 Å². The van der Waals surface area contributed by atoms with E-state index in [-0.39, 0.29) is 5.91 Å². The molecule has 0 unspecified atom stereocenters. The zero-order chi connectivity index (χ0) is 21.0. The van der Waals surface area contributed by atoms with Gasteiger partial charge < -0.3 is 4.57 Å². The smallest absolute Gasteiger partial charge is 0.250 e. The van der Waals surface area contributed by atoms with E-state index in [4.69, 9.17) is 11.6 Å². The Hall–Kier alpha value is -2.50. The average molecular weight is 426 g/mol. The fourth-order valence-corrected chi connectivity index (χ4v) is 4.12. The molecule has 3 rings (SSSR count). The van der Waals surface area contributed by atoms with Crippen molar-refractivity contribution in [3.05, 3.63) is 81.6 Å². The lowest BCUT2D eigenvalue weighted by Gasteiger charge is -2.15. The second-order valence-electron chi connectivity index (χ2n) is 6.94. The number of carbonyl (C=O) groups is 1. The Labute approximate surface area is 181 Å². The summed E-state index contributed by atoms with van der Waals surface area (Å²) in [7, 11) is 0. The maximum Gasteiger partial charge on any atom is 0.250 e. The summed E-state index contributed by atoms with van der Waals surface area (Å²) in [6.07, 6.45) is 1.71. The normalized spacial score (nSPS) is 11.2. The van der Waals surface area contributed by atoms with E-state index < -0.39 is 0 Å². The Morgan fingerprint density at radius 2 is 1.76 bits per heavy atom. The number of para-hydroxylation sites is 1.